The van der Waals surface area contributed by atoms with Crippen molar-refractivity contribution in [2.75, 3.05) is 6.54 Å². The summed E-state index contributed by atoms with van der Waals surface area (Å²) in [6.45, 7) is 2.27. The fourth-order valence-electron chi connectivity index (χ4n) is 4.28. The number of nitrogens with one attached hydrogen (secondary N) is 1. The maximum Gasteiger partial charge on any atom is 0.418 e. The van der Waals surface area contributed by atoms with Crippen LogP contribution in [0, 0.1) is 0 Å². The predicted molar refractivity (Wildman–Crippen MR) is 106 cm³/mol. The lowest BCUT2D eigenvalue weighted by Crippen LogP contribution is -2.41. The van der Waals surface area contributed by atoms with Gasteiger partial charge in [-0.2, -0.15) is 18.3 Å². The van der Waals surface area contributed by atoms with E-state index in [4.69, 9.17) is 4.42 Å². The number of amides is 1. The maximum absolute atomic E-state index is 13.5. The number of halogens is 3. The molecule has 1 atom stereocenters. The number of hydrogen-bond donors (Lipinski definition) is 1. The van der Waals surface area contributed by atoms with Crippen LogP contribution in [-0.4, -0.2) is 47.1 Å². The number of nitrogens with zero attached hydrogens (tertiary/aromatic N) is 6. The third-order valence-corrected chi connectivity index (χ3v) is 6.42. The molecular formula is C21H18F3N7O2. The monoisotopic (exact) mass is 457 g/mol. The van der Waals surface area contributed by atoms with Crippen LogP contribution in [-0.2, 0) is 18.0 Å². The van der Waals surface area contributed by atoms with Crippen LogP contribution < -0.4 is 0 Å². The molecule has 12 heteroatoms. The van der Waals surface area contributed by atoms with Gasteiger partial charge in [0.05, 0.1) is 28.8 Å². The van der Waals surface area contributed by atoms with Crippen molar-refractivity contribution < 1.29 is 22.4 Å². The number of pyridine rings is 1. The second kappa shape index (κ2) is 6.65. The summed E-state index contributed by atoms with van der Waals surface area (Å²) in [7, 11) is 0. The molecule has 170 valence electrons. The Hall–Kier alpha value is -3.70. The number of imidazole rings is 1. The van der Waals surface area contributed by atoms with Gasteiger partial charge in [0.2, 0.25) is 5.89 Å². The molecule has 2 aliphatic rings. The van der Waals surface area contributed by atoms with Crippen LogP contribution in [0.2, 0.25) is 0 Å². The Morgan fingerprint density at radius 3 is 2.88 bits per heavy atom. The van der Waals surface area contributed by atoms with Gasteiger partial charge < -0.3 is 14.3 Å². The molecule has 1 aliphatic heterocycles. The summed E-state index contributed by atoms with van der Waals surface area (Å²) in [6, 6.07) is 2.83. The molecule has 1 unspecified atom stereocenters. The first-order chi connectivity index (χ1) is 15.7. The van der Waals surface area contributed by atoms with Gasteiger partial charge in [0.1, 0.15) is 6.04 Å². The van der Waals surface area contributed by atoms with E-state index in [2.05, 4.69) is 25.3 Å². The molecule has 1 aliphatic carbocycles. The zero-order valence-electron chi connectivity index (χ0n) is 17.4. The third kappa shape index (κ3) is 3.11. The van der Waals surface area contributed by atoms with Gasteiger partial charge in [-0.1, -0.05) is 6.92 Å². The van der Waals surface area contributed by atoms with E-state index in [0.29, 0.717) is 18.0 Å². The van der Waals surface area contributed by atoms with Crippen LogP contribution in [0.1, 0.15) is 65.0 Å². The highest BCUT2D eigenvalue weighted by Crippen LogP contribution is 2.47. The van der Waals surface area contributed by atoms with Crippen molar-refractivity contribution in [3.63, 3.8) is 0 Å². The Kier molecular flexibility index (Phi) is 4.02. The number of hydrogen-bond acceptors (Lipinski definition) is 6. The summed E-state index contributed by atoms with van der Waals surface area (Å²) < 4.78 is 47.5. The molecular weight excluding hydrogens is 439 g/mol. The van der Waals surface area contributed by atoms with Crippen LogP contribution in [0.5, 0.6) is 0 Å². The van der Waals surface area contributed by atoms with Crippen molar-refractivity contribution in [3.05, 3.63) is 65.1 Å². The molecule has 4 aromatic rings. The largest absolute Gasteiger partial charge is 0.418 e. The Morgan fingerprint density at radius 2 is 2.12 bits per heavy atom. The van der Waals surface area contributed by atoms with Crippen molar-refractivity contribution in [3.8, 4) is 0 Å². The predicted octanol–water partition coefficient (Wildman–Crippen LogP) is 3.30. The van der Waals surface area contributed by atoms with Gasteiger partial charge in [-0.25, -0.2) is 9.50 Å². The molecule has 5 heterocycles. The lowest BCUT2D eigenvalue weighted by atomic mass is 9.99. The smallest absolute Gasteiger partial charge is 0.416 e. The van der Waals surface area contributed by atoms with E-state index in [0.717, 1.165) is 24.6 Å². The number of carbonyl (C=O) groups is 1. The number of H-pyrrole nitrogens is 1. The number of aromatic nitrogens is 6. The third-order valence-electron chi connectivity index (χ3n) is 6.42. The molecule has 9 nitrogen and oxygen atoms in total. The average Bonchev–Trinajstić information content (AvgIpc) is 3.23. The highest BCUT2D eigenvalue weighted by Gasteiger charge is 2.45. The van der Waals surface area contributed by atoms with Crippen molar-refractivity contribution in [1.29, 1.82) is 0 Å². The minimum absolute atomic E-state index is 0.100. The Balaban J connectivity index is 1.44. The van der Waals surface area contributed by atoms with E-state index in [1.54, 1.807) is 0 Å². The number of carbonyl (C=O) groups excluding carboxylic acids is 1. The van der Waals surface area contributed by atoms with Crippen LogP contribution in [0.3, 0.4) is 0 Å². The average molecular weight is 457 g/mol. The van der Waals surface area contributed by atoms with Crippen LogP contribution in [0.25, 0.3) is 5.52 Å². The fourth-order valence-corrected chi connectivity index (χ4v) is 4.28. The van der Waals surface area contributed by atoms with E-state index >= 15 is 0 Å². The van der Waals surface area contributed by atoms with E-state index < -0.39 is 23.7 Å². The minimum atomic E-state index is -4.54. The van der Waals surface area contributed by atoms with Gasteiger partial charge in [-0.15, -0.1) is 10.2 Å². The lowest BCUT2D eigenvalue weighted by molar-refractivity contribution is -0.136. The molecule has 1 N–H and O–H groups in total. The Bertz CT molecular complexity index is 1380. The van der Waals surface area contributed by atoms with E-state index in [1.807, 2.05) is 6.92 Å². The van der Waals surface area contributed by atoms with Crippen molar-refractivity contribution in [2.24, 2.45) is 0 Å². The first kappa shape index (κ1) is 19.9. The summed E-state index contributed by atoms with van der Waals surface area (Å²) >= 11 is 0. The highest BCUT2D eigenvalue weighted by molar-refractivity contribution is 5.90. The Labute approximate surface area is 184 Å². The normalized spacial score (nSPS) is 19.6. The summed E-state index contributed by atoms with van der Waals surface area (Å²) in [5.41, 5.74) is 0.490. The van der Waals surface area contributed by atoms with E-state index in [9.17, 15) is 18.0 Å². The fraction of sp³-hybridized carbons (Fsp3) is 0.381. The molecule has 4 aromatic heterocycles. The van der Waals surface area contributed by atoms with Crippen molar-refractivity contribution >= 4 is 11.4 Å². The summed E-state index contributed by atoms with van der Waals surface area (Å²) in [5, 5.41) is 12.4. The minimum Gasteiger partial charge on any atom is -0.416 e. The van der Waals surface area contributed by atoms with E-state index in [-0.39, 0.29) is 29.1 Å². The number of fused-ring (bicyclic) bond motifs is 2. The zero-order chi connectivity index (χ0) is 23.0. The molecule has 0 spiro atoms. The second-order valence-electron chi connectivity index (χ2n) is 8.71. The molecule has 0 aromatic carbocycles. The van der Waals surface area contributed by atoms with Crippen LogP contribution in [0.15, 0.2) is 35.1 Å². The number of rotatable bonds is 3. The quantitative estimate of drug-likeness (QED) is 0.506. The summed E-state index contributed by atoms with van der Waals surface area (Å²) in [4.78, 5) is 22.3. The Morgan fingerprint density at radius 1 is 1.30 bits per heavy atom. The summed E-state index contributed by atoms with van der Waals surface area (Å²) in [5.74, 6) is -0.242. The van der Waals surface area contributed by atoms with Gasteiger partial charge in [0.15, 0.2) is 0 Å². The van der Waals surface area contributed by atoms with Gasteiger partial charge in [0, 0.05) is 30.3 Å². The standard InChI is InChI=1S/C21H18F3N7O2/c1-20(5-6-20)19-28-27-17(33-19)18(32)30-8-4-12-15(26-10-25-12)16(30)13-9-14-11(21(22,23)24)3-2-7-31(14)29-13/h2-3,7,9-10,16H,4-6,8H2,1H3,(H,25,26). The molecule has 0 bridgehead atoms. The van der Waals surface area contributed by atoms with Gasteiger partial charge in [-0.05, 0) is 31.0 Å². The number of aromatic amines is 1. The first-order valence-corrected chi connectivity index (χ1v) is 10.5. The zero-order valence-corrected chi connectivity index (χ0v) is 17.4. The second-order valence-corrected chi connectivity index (χ2v) is 8.71. The molecule has 0 radical (unpaired) electrons. The van der Waals surface area contributed by atoms with E-state index in [1.165, 1.54) is 34.1 Å². The summed E-state index contributed by atoms with van der Waals surface area (Å²) in [6.07, 6.45) is 0.718. The van der Waals surface area contributed by atoms with Crippen LogP contribution in [0.4, 0.5) is 13.2 Å². The SMILES string of the molecule is CC1(c2nnc(C(=O)N3CCc4[nH]cnc4C3c3cc4c(C(F)(F)F)cccn4n3)o2)CC1. The van der Waals surface area contributed by atoms with Crippen molar-refractivity contribution in [2.45, 2.75) is 43.8 Å². The molecule has 6 rings (SSSR count). The van der Waals surface area contributed by atoms with Crippen molar-refractivity contribution in [1.82, 2.24) is 34.7 Å². The van der Waals surface area contributed by atoms with Crippen LogP contribution >= 0.6 is 0 Å². The maximum atomic E-state index is 13.5. The molecule has 1 amide bonds. The molecule has 1 saturated carbocycles. The molecule has 1 fully saturated rings. The highest BCUT2D eigenvalue weighted by atomic mass is 19.4. The van der Waals surface area contributed by atoms with Gasteiger partial charge in [0.25, 0.3) is 0 Å². The van der Waals surface area contributed by atoms with Gasteiger partial charge >= 0.3 is 18.0 Å². The molecule has 0 saturated heterocycles. The number of alkyl halides is 3. The van der Waals surface area contributed by atoms with Gasteiger partial charge in [-0.3, -0.25) is 4.79 Å². The topological polar surface area (TPSA) is 105 Å². The molecule has 33 heavy (non-hydrogen) atoms. The first-order valence-electron chi connectivity index (χ1n) is 10.5. The lowest BCUT2D eigenvalue weighted by Gasteiger charge is -2.32.